The molecule has 1 aliphatic carbocycles. The zero-order valence-electron chi connectivity index (χ0n) is 10.5. The summed E-state index contributed by atoms with van der Waals surface area (Å²) >= 11 is 0. The SMILES string of the molecule is O=C(O)c1cc(F)ccc1N1CCOC2CCCC21. The first-order chi connectivity index (χ1) is 9.16. The molecule has 5 heteroatoms. The first-order valence-corrected chi connectivity index (χ1v) is 6.58. The van der Waals surface area contributed by atoms with Gasteiger partial charge in [0.05, 0.1) is 30.0 Å². The summed E-state index contributed by atoms with van der Waals surface area (Å²) in [5.74, 6) is -1.60. The van der Waals surface area contributed by atoms with Gasteiger partial charge in [-0.1, -0.05) is 0 Å². The summed E-state index contributed by atoms with van der Waals surface area (Å²) in [7, 11) is 0. The highest BCUT2D eigenvalue weighted by atomic mass is 19.1. The molecular formula is C14H16FNO3. The summed E-state index contributed by atoms with van der Waals surface area (Å²) in [5, 5.41) is 9.24. The Balaban J connectivity index is 1.98. The predicted octanol–water partition coefficient (Wildman–Crippen LogP) is 2.28. The van der Waals surface area contributed by atoms with Gasteiger partial charge in [0.15, 0.2) is 0 Å². The summed E-state index contributed by atoms with van der Waals surface area (Å²) in [6, 6.07) is 4.20. The van der Waals surface area contributed by atoms with Gasteiger partial charge in [-0.2, -0.15) is 0 Å². The second-order valence-corrected chi connectivity index (χ2v) is 5.07. The first kappa shape index (κ1) is 12.4. The molecule has 1 saturated heterocycles. The normalized spacial score (nSPS) is 26.3. The molecule has 1 heterocycles. The lowest BCUT2D eigenvalue weighted by Crippen LogP contribution is -2.49. The molecule has 2 unspecified atom stereocenters. The Kier molecular flexibility index (Phi) is 3.14. The van der Waals surface area contributed by atoms with Gasteiger partial charge in [-0.25, -0.2) is 9.18 Å². The van der Waals surface area contributed by atoms with Crippen molar-refractivity contribution in [2.75, 3.05) is 18.1 Å². The zero-order chi connectivity index (χ0) is 13.4. The molecule has 4 nitrogen and oxygen atoms in total. The van der Waals surface area contributed by atoms with Crippen molar-refractivity contribution in [3.8, 4) is 0 Å². The Morgan fingerprint density at radius 2 is 2.26 bits per heavy atom. The summed E-state index contributed by atoms with van der Waals surface area (Å²) in [4.78, 5) is 13.4. The van der Waals surface area contributed by atoms with Crippen molar-refractivity contribution in [1.29, 1.82) is 0 Å². The lowest BCUT2D eigenvalue weighted by molar-refractivity contribution is 0.0254. The maximum atomic E-state index is 13.2. The molecular weight excluding hydrogens is 249 g/mol. The smallest absolute Gasteiger partial charge is 0.337 e. The van der Waals surface area contributed by atoms with Gasteiger partial charge < -0.3 is 14.7 Å². The van der Waals surface area contributed by atoms with Crippen LogP contribution in [0.25, 0.3) is 0 Å². The number of aromatic carboxylic acids is 1. The van der Waals surface area contributed by atoms with Crippen LogP contribution in [-0.4, -0.2) is 36.4 Å². The second kappa shape index (κ2) is 4.81. The number of fused-ring (bicyclic) bond motifs is 1. The van der Waals surface area contributed by atoms with Gasteiger partial charge in [0, 0.05) is 6.54 Å². The molecule has 19 heavy (non-hydrogen) atoms. The third-order valence-electron chi connectivity index (χ3n) is 3.98. The number of carboxylic acids is 1. The lowest BCUT2D eigenvalue weighted by Gasteiger charge is -2.39. The van der Waals surface area contributed by atoms with Gasteiger partial charge in [-0.3, -0.25) is 0 Å². The standard InChI is InChI=1S/C14H16FNO3/c15-9-4-5-11(10(8-9)14(17)18)16-6-7-19-13-3-1-2-12(13)16/h4-5,8,12-13H,1-3,6-7H2,(H,17,18). The Hall–Kier alpha value is -1.62. The molecule has 2 fully saturated rings. The molecule has 0 bridgehead atoms. The van der Waals surface area contributed by atoms with Gasteiger partial charge >= 0.3 is 5.97 Å². The molecule has 0 amide bonds. The molecule has 0 aromatic heterocycles. The second-order valence-electron chi connectivity index (χ2n) is 5.07. The number of carbonyl (C=O) groups is 1. The van der Waals surface area contributed by atoms with E-state index in [1.54, 1.807) is 6.07 Å². The van der Waals surface area contributed by atoms with Gasteiger partial charge in [0.25, 0.3) is 0 Å². The number of carboxylic acid groups (broad SMARTS) is 1. The van der Waals surface area contributed by atoms with Crippen molar-refractivity contribution in [2.45, 2.75) is 31.4 Å². The quantitative estimate of drug-likeness (QED) is 0.891. The number of halogens is 1. The van der Waals surface area contributed by atoms with E-state index >= 15 is 0 Å². The number of nitrogens with zero attached hydrogens (tertiary/aromatic N) is 1. The van der Waals surface area contributed by atoms with Crippen molar-refractivity contribution < 1.29 is 19.0 Å². The number of anilines is 1. The highest BCUT2D eigenvalue weighted by molar-refractivity contribution is 5.94. The number of benzene rings is 1. The van der Waals surface area contributed by atoms with E-state index < -0.39 is 11.8 Å². The Morgan fingerprint density at radius 3 is 3.05 bits per heavy atom. The molecule has 1 saturated carbocycles. The number of morpholine rings is 1. The van der Waals surface area contributed by atoms with Crippen LogP contribution in [0, 0.1) is 5.82 Å². The summed E-state index contributed by atoms with van der Waals surface area (Å²) < 4.78 is 19.0. The average molecular weight is 265 g/mol. The van der Waals surface area contributed by atoms with E-state index in [1.165, 1.54) is 6.07 Å². The van der Waals surface area contributed by atoms with Gasteiger partial charge in [-0.05, 0) is 37.5 Å². The molecule has 2 aliphatic rings. The van der Waals surface area contributed by atoms with E-state index in [9.17, 15) is 14.3 Å². The number of rotatable bonds is 2. The van der Waals surface area contributed by atoms with E-state index in [-0.39, 0.29) is 17.7 Å². The number of hydrogen-bond donors (Lipinski definition) is 1. The minimum Gasteiger partial charge on any atom is -0.478 e. The highest BCUT2D eigenvalue weighted by Gasteiger charge is 2.37. The van der Waals surface area contributed by atoms with Crippen molar-refractivity contribution in [3.05, 3.63) is 29.6 Å². The van der Waals surface area contributed by atoms with Crippen molar-refractivity contribution >= 4 is 11.7 Å². The van der Waals surface area contributed by atoms with Crippen LogP contribution in [0.1, 0.15) is 29.6 Å². The van der Waals surface area contributed by atoms with Crippen LogP contribution in [0.3, 0.4) is 0 Å². The highest BCUT2D eigenvalue weighted by Crippen LogP contribution is 2.34. The van der Waals surface area contributed by atoms with Gasteiger partial charge in [0.2, 0.25) is 0 Å². The van der Waals surface area contributed by atoms with Crippen LogP contribution in [0.15, 0.2) is 18.2 Å². The number of hydrogen-bond acceptors (Lipinski definition) is 3. The summed E-state index contributed by atoms with van der Waals surface area (Å²) in [6.45, 7) is 1.25. The maximum Gasteiger partial charge on any atom is 0.337 e. The Morgan fingerprint density at radius 1 is 1.42 bits per heavy atom. The average Bonchev–Trinajstić information content (AvgIpc) is 2.86. The van der Waals surface area contributed by atoms with Crippen LogP contribution in [0.2, 0.25) is 0 Å². The molecule has 102 valence electrons. The van der Waals surface area contributed by atoms with Crippen molar-refractivity contribution in [2.24, 2.45) is 0 Å². The van der Waals surface area contributed by atoms with Crippen molar-refractivity contribution in [1.82, 2.24) is 0 Å². The lowest BCUT2D eigenvalue weighted by atomic mass is 10.1. The number of ether oxygens (including phenoxy) is 1. The maximum absolute atomic E-state index is 13.2. The minimum absolute atomic E-state index is 0.0348. The monoisotopic (exact) mass is 265 g/mol. The fourth-order valence-corrected chi connectivity index (χ4v) is 3.15. The van der Waals surface area contributed by atoms with E-state index in [0.29, 0.717) is 18.8 Å². The molecule has 1 N–H and O–H groups in total. The third kappa shape index (κ3) is 2.18. The predicted molar refractivity (Wildman–Crippen MR) is 68.1 cm³/mol. The van der Waals surface area contributed by atoms with Crippen LogP contribution < -0.4 is 4.90 Å². The van der Waals surface area contributed by atoms with Crippen molar-refractivity contribution in [3.63, 3.8) is 0 Å². The minimum atomic E-state index is -1.09. The van der Waals surface area contributed by atoms with Crippen LogP contribution >= 0.6 is 0 Å². The van der Waals surface area contributed by atoms with Crippen LogP contribution in [0.5, 0.6) is 0 Å². The zero-order valence-corrected chi connectivity index (χ0v) is 10.5. The third-order valence-corrected chi connectivity index (χ3v) is 3.98. The van der Waals surface area contributed by atoms with Crippen LogP contribution in [-0.2, 0) is 4.74 Å². The summed E-state index contributed by atoms with van der Waals surface area (Å²) in [6.07, 6.45) is 3.29. The largest absolute Gasteiger partial charge is 0.478 e. The fraction of sp³-hybridized carbons (Fsp3) is 0.500. The summed E-state index contributed by atoms with van der Waals surface area (Å²) in [5.41, 5.74) is 0.640. The molecule has 1 aromatic carbocycles. The van der Waals surface area contributed by atoms with E-state index in [1.807, 2.05) is 0 Å². The van der Waals surface area contributed by atoms with Gasteiger partial charge in [0.1, 0.15) is 5.82 Å². The van der Waals surface area contributed by atoms with Gasteiger partial charge in [-0.15, -0.1) is 0 Å². The molecule has 1 aliphatic heterocycles. The topological polar surface area (TPSA) is 49.8 Å². The Bertz CT molecular complexity index is 505. The van der Waals surface area contributed by atoms with E-state index in [4.69, 9.17) is 4.74 Å². The van der Waals surface area contributed by atoms with E-state index in [0.717, 1.165) is 25.3 Å². The van der Waals surface area contributed by atoms with E-state index in [2.05, 4.69) is 4.90 Å². The fourth-order valence-electron chi connectivity index (χ4n) is 3.15. The Labute approximate surface area is 110 Å². The molecule has 2 atom stereocenters. The first-order valence-electron chi connectivity index (χ1n) is 6.58. The van der Waals surface area contributed by atoms with Crippen LogP contribution in [0.4, 0.5) is 10.1 Å². The molecule has 0 spiro atoms. The molecule has 3 rings (SSSR count). The molecule has 1 aromatic rings. The molecule has 0 radical (unpaired) electrons.